The second kappa shape index (κ2) is 8.46. The van der Waals surface area contributed by atoms with E-state index in [4.69, 9.17) is 4.74 Å². The molecular weight excluding hydrogens is 400 g/mol. The molecule has 30 heavy (non-hydrogen) atoms. The largest absolute Gasteiger partial charge is 0.449 e. The Bertz CT molecular complexity index is 1180. The smallest absolute Gasteiger partial charge is 0.338 e. The number of H-pyrrole nitrogens is 1. The maximum Gasteiger partial charge on any atom is 0.338 e. The van der Waals surface area contributed by atoms with Crippen molar-refractivity contribution in [3.05, 3.63) is 66.0 Å². The Kier molecular flexibility index (Phi) is 5.58. The van der Waals surface area contributed by atoms with Crippen LogP contribution in [0, 0.1) is 6.92 Å². The van der Waals surface area contributed by atoms with E-state index in [1.54, 1.807) is 43.6 Å². The fraction of sp³-hybridized carbons (Fsp3) is 0.182. The number of carbonyl (C=O) groups is 2. The first-order valence-corrected chi connectivity index (χ1v) is 10.3. The van der Waals surface area contributed by atoms with E-state index in [1.165, 1.54) is 11.3 Å². The molecule has 0 saturated heterocycles. The molecule has 1 atom stereocenters. The molecule has 4 rings (SSSR count). The molecule has 2 aromatic carbocycles. The standard InChI is InChI=1S/C22H20N4O3S/c1-3-17(20(27)26-22-25-16-9-4-13(2)12-18(16)30-22)29-21(28)15-7-5-14(6-8-15)19-23-10-11-24-19/h4-12,17H,3H2,1-2H3,(H,23,24)(H,25,26,27). The molecule has 2 N–H and O–H groups in total. The van der Waals surface area contributed by atoms with Crippen LogP contribution in [0.3, 0.4) is 0 Å². The number of carbonyl (C=O) groups excluding carboxylic acids is 2. The van der Waals surface area contributed by atoms with Crippen molar-refractivity contribution >= 4 is 38.6 Å². The molecule has 152 valence electrons. The number of ether oxygens (including phenoxy) is 1. The highest BCUT2D eigenvalue weighted by molar-refractivity contribution is 7.22. The fourth-order valence-corrected chi connectivity index (χ4v) is 3.94. The Morgan fingerprint density at radius 3 is 2.70 bits per heavy atom. The number of aryl methyl sites for hydroxylation is 1. The van der Waals surface area contributed by atoms with Crippen molar-refractivity contribution < 1.29 is 14.3 Å². The minimum absolute atomic E-state index is 0.353. The molecule has 4 aromatic rings. The maximum atomic E-state index is 12.6. The first kappa shape index (κ1) is 19.8. The van der Waals surface area contributed by atoms with Crippen molar-refractivity contribution in [3.8, 4) is 11.4 Å². The monoisotopic (exact) mass is 420 g/mol. The number of imidazole rings is 1. The van der Waals surface area contributed by atoms with Crippen LogP contribution in [0.2, 0.25) is 0 Å². The summed E-state index contributed by atoms with van der Waals surface area (Å²) in [6, 6.07) is 12.8. The molecule has 0 aliphatic heterocycles. The lowest BCUT2D eigenvalue weighted by Gasteiger charge is -2.15. The predicted octanol–water partition coefficient (Wildman–Crippen LogP) is 4.57. The lowest BCUT2D eigenvalue weighted by atomic mass is 10.1. The van der Waals surface area contributed by atoms with Gasteiger partial charge in [0.1, 0.15) is 5.82 Å². The summed E-state index contributed by atoms with van der Waals surface area (Å²) in [5.74, 6) is -0.233. The van der Waals surface area contributed by atoms with Crippen LogP contribution < -0.4 is 5.32 Å². The van der Waals surface area contributed by atoms with Gasteiger partial charge in [0.25, 0.3) is 5.91 Å². The van der Waals surface area contributed by atoms with E-state index in [9.17, 15) is 9.59 Å². The highest BCUT2D eigenvalue weighted by Gasteiger charge is 2.23. The van der Waals surface area contributed by atoms with Crippen molar-refractivity contribution in [1.29, 1.82) is 0 Å². The number of hydrogen-bond acceptors (Lipinski definition) is 6. The number of anilines is 1. The summed E-state index contributed by atoms with van der Waals surface area (Å²) in [7, 11) is 0. The Hall–Kier alpha value is -3.52. The minimum atomic E-state index is -0.906. The molecule has 0 aliphatic carbocycles. The number of nitrogens with zero attached hydrogens (tertiary/aromatic N) is 2. The van der Waals surface area contributed by atoms with Crippen LogP contribution in [0.25, 0.3) is 21.6 Å². The number of fused-ring (bicyclic) bond motifs is 1. The van der Waals surface area contributed by atoms with Crippen LogP contribution >= 0.6 is 11.3 Å². The Morgan fingerprint density at radius 2 is 2.00 bits per heavy atom. The van der Waals surface area contributed by atoms with Gasteiger partial charge in [0, 0.05) is 18.0 Å². The molecule has 8 heteroatoms. The number of benzene rings is 2. The summed E-state index contributed by atoms with van der Waals surface area (Å²) in [5.41, 5.74) is 3.17. The van der Waals surface area contributed by atoms with Gasteiger partial charge in [-0.25, -0.2) is 14.8 Å². The zero-order valence-electron chi connectivity index (χ0n) is 16.5. The van der Waals surface area contributed by atoms with Crippen LogP contribution in [-0.2, 0) is 9.53 Å². The van der Waals surface area contributed by atoms with Gasteiger partial charge in [-0.3, -0.25) is 10.1 Å². The van der Waals surface area contributed by atoms with Gasteiger partial charge in [-0.1, -0.05) is 36.5 Å². The summed E-state index contributed by atoms with van der Waals surface area (Å²) in [6.45, 7) is 3.80. The van der Waals surface area contributed by atoms with Gasteiger partial charge in [0.15, 0.2) is 11.2 Å². The number of nitrogens with one attached hydrogen (secondary N) is 2. The summed E-state index contributed by atoms with van der Waals surface area (Å²) in [5, 5.41) is 3.25. The minimum Gasteiger partial charge on any atom is -0.449 e. The van der Waals surface area contributed by atoms with Gasteiger partial charge in [0.05, 0.1) is 15.8 Å². The number of aromatic amines is 1. The number of rotatable bonds is 6. The van der Waals surface area contributed by atoms with Crippen molar-refractivity contribution in [1.82, 2.24) is 15.0 Å². The molecular formula is C22H20N4O3S. The van der Waals surface area contributed by atoms with Gasteiger partial charge in [-0.05, 0) is 43.2 Å². The van der Waals surface area contributed by atoms with E-state index in [2.05, 4.69) is 20.3 Å². The molecule has 7 nitrogen and oxygen atoms in total. The Balaban J connectivity index is 1.42. The van der Waals surface area contributed by atoms with Crippen molar-refractivity contribution in [2.75, 3.05) is 5.32 Å². The number of esters is 1. The van der Waals surface area contributed by atoms with Crippen molar-refractivity contribution in [2.45, 2.75) is 26.4 Å². The molecule has 0 spiro atoms. The zero-order valence-corrected chi connectivity index (χ0v) is 17.3. The molecule has 2 aromatic heterocycles. The van der Waals surface area contributed by atoms with E-state index in [0.717, 1.165) is 21.3 Å². The number of thiazole rings is 1. The summed E-state index contributed by atoms with van der Waals surface area (Å²) in [4.78, 5) is 36.7. The molecule has 0 aliphatic rings. The molecule has 1 unspecified atom stereocenters. The number of amides is 1. The third-order valence-corrected chi connectivity index (χ3v) is 5.51. The fourth-order valence-electron chi connectivity index (χ4n) is 2.98. The predicted molar refractivity (Wildman–Crippen MR) is 117 cm³/mol. The molecule has 0 fully saturated rings. The van der Waals surface area contributed by atoms with Crippen molar-refractivity contribution in [3.63, 3.8) is 0 Å². The SMILES string of the molecule is CCC(OC(=O)c1ccc(-c2ncc[nH]2)cc1)C(=O)Nc1nc2ccc(C)cc2s1. The maximum absolute atomic E-state index is 12.6. The highest BCUT2D eigenvalue weighted by Crippen LogP contribution is 2.27. The lowest BCUT2D eigenvalue weighted by molar-refractivity contribution is -0.124. The summed E-state index contributed by atoms with van der Waals surface area (Å²) < 4.78 is 6.44. The molecule has 2 heterocycles. The van der Waals surface area contributed by atoms with E-state index in [1.807, 2.05) is 25.1 Å². The molecule has 1 amide bonds. The number of hydrogen-bond donors (Lipinski definition) is 2. The average Bonchev–Trinajstić information content (AvgIpc) is 3.41. The van der Waals surface area contributed by atoms with Gasteiger partial charge < -0.3 is 9.72 Å². The second-order valence-corrected chi connectivity index (χ2v) is 7.83. The van der Waals surface area contributed by atoms with Crippen LogP contribution in [-0.4, -0.2) is 32.9 Å². The van der Waals surface area contributed by atoms with Crippen LogP contribution in [0.4, 0.5) is 5.13 Å². The first-order valence-electron chi connectivity index (χ1n) is 9.52. The van der Waals surface area contributed by atoms with Crippen molar-refractivity contribution in [2.24, 2.45) is 0 Å². The van der Waals surface area contributed by atoms with Gasteiger partial charge in [0.2, 0.25) is 0 Å². The van der Waals surface area contributed by atoms with E-state index < -0.39 is 18.0 Å². The molecule has 0 saturated carbocycles. The Morgan fingerprint density at radius 1 is 1.20 bits per heavy atom. The summed E-state index contributed by atoms with van der Waals surface area (Å²) in [6.07, 6.45) is 2.84. The van der Waals surface area contributed by atoms with Gasteiger partial charge >= 0.3 is 5.97 Å². The van der Waals surface area contributed by atoms with E-state index in [0.29, 0.717) is 22.9 Å². The molecule has 0 radical (unpaired) electrons. The topological polar surface area (TPSA) is 97.0 Å². The second-order valence-electron chi connectivity index (χ2n) is 6.80. The van der Waals surface area contributed by atoms with E-state index in [-0.39, 0.29) is 0 Å². The lowest BCUT2D eigenvalue weighted by Crippen LogP contribution is -2.32. The van der Waals surface area contributed by atoms with Gasteiger partial charge in [-0.15, -0.1) is 0 Å². The highest BCUT2D eigenvalue weighted by atomic mass is 32.1. The van der Waals surface area contributed by atoms with Crippen LogP contribution in [0.5, 0.6) is 0 Å². The Labute approximate surface area is 177 Å². The quantitative estimate of drug-likeness (QED) is 0.446. The average molecular weight is 420 g/mol. The first-order chi connectivity index (χ1) is 14.5. The zero-order chi connectivity index (χ0) is 21.1. The van der Waals surface area contributed by atoms with Crippen LogP contribution in [0.15, 0.2) is 54.9 Å². The van der Waals surface area contributed by atoms with Gasteiger partial charge in [-0.2, -0.15) is 0 Å². The third kappa shape index (κ3) is 4.23. The molecule has 0 bridgehead atoms. The summed E-state index contributed by atoms with van der Waals surface area (Å²) >= 11 is 1.39. The van der Waals surface area contributed by atoms with Crippen LogP contribution in [0.1, 0.15) is 29.3 Å². The normalized spacial score (nSPS) is 11.9. The van der Waals surface area contributed by atoms with E-state index >= 15 is 0 Å². The third-order valence-electron chi connectivity index (χ3n) is 4.58. The number of aromatic nitrogens is 3.